The first kappa shape index (κ1) is 14.4. The first-order chi connectivity index (χ1) is 9.32. The van der Waals surface area contributed by atoms with Gasteiger partial charge >= 0.3 is 6.18 Å². The number of carbonyl (C=O) groups is 1. The third kappa shape index (κ3) is 2.76. The smallest absolute Gasteiger partial charge is 0.400 e. The van der Waals surface area contributed by atoms with E-state index in [4.69, 9.17) is 4.74 Å². The van der Waals surface area contributed by atoms with Gasteiger partial charge in [-0.05, 0) is 29.8 Å². The Hall–Kier alpha value is -2.05. The highest BCUT2D eigenvalue weighted by molar-refractivity contribution is 6.05. The summed E-state index contributed by atoms with van der Waals surface area (Å²) in [7, 11) is 2.73. The summed E-state index contributed by atoms with van der Waals surface area (Å²) in [6, 6.07) is 6.51. The predicted molar refractivity (Wildman–Crippen MR) is 66.5 cm³/mol. The molecular weight excluding hydrogens is 273 g/mol. The van der Waals surface area contributed by atoms with Gasteiger partial charge < -0.3 is 4.74 Å². The molecule has 0 bridgehead atoms. The van der Waals surface area contributed by atoms with E-state index in [0.717, 1.165) is 5.01 Å². The van der Waals surface area contributed by atoms with Gasteiger partial charge in [0.1, 0.15) is 11.7 Å². The Labute approximate surface area is 113 Å². The Balaban J connectivity index is 2.31. The number of amides is 1. The molecule has 0 radical (unpaired) electrons. The molecule has 1 aliphatic rings. The van der Waals surface area contributed by atoms with Gasteiger partial charge in [-0.25, -0.2) is 5.01 Å². The van der Waals surface area contributed by atoms with Crippen LogP contribution in [-0.4, -0.2) is 37.0 Å². The van der Waals surface area contributed by atoms with Crippen molar-refractivity contribution in [2.45, 2.75) is 12.6 Å². The number of rotatable bonds is 2. The molecule has 0 N–H and O–H groups in total. The fourth-order valence-corrected chi connectivity index (χ4v) is 1.99. The third-order valence-electron chi connectivity index (χ3n) is 3.10. The normalized spacial score (nSPS) is 19.9. The molecule has 1 aromatic carbocycles. The largest absolute Gasteiger partial charge is 0.497 e. The van der Waals surface area contributed by atoms with Crippen LogP contribution in [0, 0.1) is 5.92 Å². The molecule has 1 amide bonds. The van der Waals surface area contributed by atoms with E-state index in [0.29, 0.717) is 11.3 Å². The van der Waals surface area contributed by atoms with Crippen molar-refractivity contribution in [3.8, 4) is 5.75 Å². The summed E-state index contributed by atoms with van der Waals surface area (Å²) in [6.07, 6.45) is -5.02. The van der Waals surface area contributed by atoms with E-state index >= 15 is 0 Å². The Morgan fingerprint density at radius 2 is 1.90 bits per heavy atom. The van der Waals surface area contributed by atoms with Crippen LogP contribution in [-0.2, 0) is 4.79 Å². The average molecular weight is 286 g/mol. The zero-order valence-electron chi connectivity index (χ0n) is 10.9. The third-order valence-corrected chi connectivity index (χ3v) is 3.10. The van der Waals surface area contributed by atoms with Crippen LogP contribution in [0.15, 0.2) is 29.4 Å². The molecule has 108 valence electrons. The van der Waals surface area contributed by atoms with Crippen LogP contribution < -0.4 is 4.74 Å². The van der Waals surface area contributed by atoms with E-state index in [1.54, 1.807) is 24.3 Å². The average Bonchev–Trinajstić information content (AvgIpc) is 2.40. The van der Waals surface area contributed by atoms with Crippen LogP contribution in [0.25, 0.3) is 0 Å². The lowest BCUT2D eigenvalue weighted by molar-refractivity contribution is -0.188. The minimum Gasteiger partial charge on any atom is -0.497 e. The summed E-state index contributed by atoms with van der Waals surface area (Å²) in [6.45, 7) is 0. The minimum atomic E-state index is -4.57. The first-order valence-electron chi connectivity index (χ1n) is 5.89. The van der Waals surface area contributed by atoms with E-state index in [2.05, 4.69) is 5.10 Å². The van der Waals surface area contributed by atoms with Gasteiger partial charge in [0.2, 0.25) is 0 Å². The van der Waals surface area contributed by atoms with Gasteiger partial charge in [-0.15, -0.1) is 0 Å². The van der Waals surface area contributed by atoms with Crippen molar-refractivity contribution in [1.82, 2.24) is 5.01 Å². The van der Waals surface area contributed by atoms with Crippen LogP contribution >= 0.6 is 0 Å². The molecule has 1 aliphatic heterocycles. The minimum absolute atomic E-state index is 0.233. The van der Waals surface area contributed by atoms with Crippen LogP contribution in [0.1, 0.15) is 12.0 Å². The van der Waals surface area contributed by atoms with E-state index in [1.807, 2.05) is 0 Å². The van der Waals surface area contributed by atoms with Crippen LogP contribution in [0.3, 0.4) is 0 Å². The number of hydrogen-bond acceptors (Lipinski definition) is 3. The number of ether oxygens (including phenoxy) is 1. The van der Waals surface area contributed by atoms with Gasteiger partial charge in [0.15, 0.2) is 0 Å². The molecular formula is C13H13F3N2O2. The lowest BCUT2D eigenvalue weighted by Crippen LogP contribution is -2.43. The summed E-state index contributed by atoms with van der Waals surface area (Å²) >= 11 is 0. The molecule has 0 aliphatic carbocycles. The van der Waals surface area contributed by atoms with Gasteiger partial charge in [0, 0.05) is 13.5 Å². The summed E-state index contributed by atoms with van der Waals surface area (Å²) in [5.74, 6) is -2.47. The first-order valence-corrected chi connectivity index (χ1v) is 5.89. The van der Waals surface area contributed by atoms with Crippen molar-refractivity contribution in [3.63, 3.8) is 0 Å². The molecule has 1 heterocycles. The predicted octanol–water partition coefficient (Wildman–Crippen LogP) is 2.44. The topological polar surface area (TPSA) is 41.9 Å². The van der Waals surface area contributed by atoms with Crippen molar-refractivity contribution >= 4 is 11.6 Å². The standard InChI is InChI=1S/C13H13F3N2O2/c1-18-12(19)10(13(14,15)16)7-11(17-18)8-3-5-9(20-2)6-4-8/h3-6,10H,7H2,1-2H3. The lowest BCUT2D eigenvalue weighted by Gasteiger charge is -2.28. The summed E-state index contributed by atoms with van der Waals surface area (Å²) in [5.41, 5.74) is 0.775. The Kier molecular flexibility index (Phi) is 3.69. The van der Waals surface area contributed by atoms with Crippen molar-refractivity contribution < 1.29 is 22.7 Å². The highest BCUT2D eigenvalue weighted by Gasteiger charge is 2.48. The lowest BCUT2D eigenvalue weighted by atomic mass is 9.94. The second-order valence-electron chi connectivity index (χ2n) is 4.44. The van der Waals surface area contributed by atoms with E-state index in [-0.39, 0.29) is 5.71 Å². The molecule has 20 heavy (non-hydrogen) atoms. The molecule has 2 rings (SSSR count). The fraction of sp³-hybridized carbons (Fsp3) is 0.385. The number of methoxy groups -OCH3 is 1. The van der Waals surface area contributed by atoms with E-state index in [1.165, 1.54) is 14.2 Å². The number of benzene rings is 1. The van der Waals surface area contributed by atoms with Crippen molar-refractivity contribution in [2.75, 3.05) is 14.2 Å². The number of alkyl halides is 3. The fourth-order valence-electron chi connectivity index (χ4n) is 1.99. The van der Waals surface area contributed by atoms with Crippen LogP contribution in [0.5, 0.6) is 5.75 Å². The second-order valence-corrected chi connectivity index (χ2v) is 4.44. The molecule has 0 saturated heterocycles. The monoisotopic (exact) mass is 286 g/mol. The Bertz CT molecular complexity index is 538. The molecule has 4 nitrogen and oxygen atoms in total. The molecule has 0 aromatic heterocycles. The van der Waals surface area contributed by atoms with Crippen LogP contribution in [0.2, 0.25) is 0 Å². The van der Waals surface area contributed by atoms with Gasteiger partial charge in [0.05, 0.1) is 12.8 Å². The molecule has 7 heteroatoms. The number of hydrazone groups is 1. The quantitative estimate of drug-likeness (QED) is 0.838. The maximum Gasteiger partial charge on any atom is 0.400 e. The number of carbonyl (C=O) groups excluding carboxylic acids is 1. The van der Waals surface area contributed by atoms with Gasteiger partial charge in [-0.1, -0.05) is 0 Å². The SMILES string of the molecule is COc1ccc(C2=NN(C)C(=O)C(C(F)(F)F)C2)cc1. The maximum absolute atomic E-state index is 12.9. The summed E-state index contributed by atoms with van der Waals surface area (Å²) < 4.78 is 43.5. The van der Waals surface area contributed by atoms with Gasteiger partial charge in [-0.3, -0.25) is 4.79 Å². The van der Waals surface area contributed by atoms with E-state index < -0.39 is 24.4 Å². The van der Waals surface area contributed by atoms with Gasteiger partial charge in [0.25, 0.3) is 5.91 Å². The molecule has 0 fully saturated rings. The number of hydrogen-bond donors (Lipinski definition) is 0. The maximum atomic E-state index is 12.9. The van der Waals surface area contributed by atoms with Crippen LogP contribution in [0.4, 0.5) is 13.2 Å². The molecule has 1 atom stereocenters. The van der Waals surface area contributed by atoms with E-state index in [9.17, 15) is 18.0 Å². The highest BCUT2D eigenvalue weighted by atomic mass is 19.4. The highest BCUT2D eigenvalue weighted by Crippen LogP contribution is 2.34. The molecule has 1 unspecified atom stereocenters. The number of halogens is 3. The van der Waals surface area contributed by atoms with Crippen molar-refractivity contribution in [2.24, 2.45) is 11.0 Å². The molecule has 0 spiro atoms. The zero-order valence-corrected chi connectivity index (χ0v) is 10.9. The second kappa shape index (κ2) is 5.15. The van der Waals surface area contributed by atoms with Crippen molar-refractivity contribution in [1.29, 1.82) is 0 Å². The number of nitrogens with zero attached hydrogens (tertiary/aromatic N) is 2. The zero-order chi connectivity index (χ0) is 14.9. The molecule has 0 saturated carbocycles. The van der Waals surface area contributed by atoms with Gasteiger partial charge in [-0.2, -0.15) is 18.3 Å². The summed E-state index contributed by atoms with van der Waals surface area (Å²) in [5, 5.41) is 4.66. The Morgan fingerprint density at radius 1 is 1.30 bits per heavy atom. The van der Waals surface area contributed by atoms with Crippen molar-refractivity contribution in [3.05, 3.63) is 29.8 Å². The Morgan fingerprint density at radius 3 is 2.40 bits per heavy atom. The summed E-state index contributed by atoms with van der Waals surface area (Å²) in [4.78, 5) is 11.5. The molecule has 1 aromatic rings.